The van der Waals surface area contributed by atoms with E-state index in [1.54, 1.807) is 28.1 Å². The molecule has 3 aliphatic heterocycles. The molecule has 7 N–H and O–H groups in total. The fraction of sp³-hybridized carbons (Fsp3) is 0.952. The lowest BCUT2D eigenvalue weighted by Gasteiger charge is -2.67. The molecule has 334 valence electrons. The smallest absolute Gasteiger partial charge is 0.187 e. The van der Waals surface area contributed by atoms with Crippen LogP contribution in [0.1, 0.15) is 99.3 Å². The molecule has 0 aromatic rings. The predicted molar refractivity (Wildman–Crippen MR) is 204 cm³/mol. The summed E-state index contributed by atoms with van der Waals surface area (Å²) in [6, 6.07) is 0. The fourth-order valence-corrected chi connectivity index (χ4v) is 12.4. The molecule has 3 saturated heterocycles. The Labute approximate surface area is 342 Å². The molecule has 4 aliphatic carbocycles. The molecule has 7 rings (SSSR count). The number of hydrogen-bond donors (Lipinski definition) is 7. The van der Waals surface area contributed by atoms with E-state index in [2.05, 4.69) is 6.92 Å². The molecule has 0 aromatic carbocycles. The second kappa shape index (κ2) is 16.3. The van der Waals surface area contributed by atoms with Crippen LogP contribution in [-0.4, -0.2) is 172 Å². The van der Waals surface area contributed by atoms with Crippen LogP contribution in [0.25, 0.3) is 0 Å². The Kier molecular flexibility index (Phi) is 12.7. The number of aliphatic hydroxyl groups excluding tert-OH is 4. The van der Waals surface area contributed by atoms with Crippen LogP contribution in [0.15, 0.2) is 11.6 Å². The van der Waals surface area contributed by atoms with Gasteiger partial charge in [0.05, 0.1) is 54.2 Å². The van der Waals surface area contributed by atoms with Crippen molar-refractivity contribution in [2.75, 3.05) is 21.3 Å². The minimum Gasteiger partial charge on any atom is -0.392 e. The summed E-state index contributed by atoms with van der Waals surface area (Å²) in [5, 5.41) is 80.1. The largest absolute Gasteiger partial charge is 0.392 e. The van der Waals surface area contributed by atoms with Gasteiger partial charge in [0.25, 0.3) is 0 Å². The molecule has 0 bridgehead atoms. The first-order chi connectivity index (χ1) is 27.2. The molecule has 3 heterocycles. The number of fused-ring (bicyclic) bond motifs is 5. The van der Waals surface area contributed by atoms with Gasteiger partial charge in [-0.2, -0.15) is 0 Å². The molecular formula is C42H70O16. The monoisotopic (exact) mass is 830 g/mol. The van der Waals surface area contributed by atoms with Crippen molar-refractivity contribution in [2.45, 2.75) is 214 Å². The number of aliphatic hydroxyl groups is 7. The van der Waals surface area contributed by atoms with Crippen LogP contribution in [0.5, 0.6) is 0 Å². The Morgan fingerprint density at radius 3 is 1.91 bits per heavy atom. The Balaban J connectivity index is 0.969. The maximum absolute atomic E-state index is 12.5. The summed E-state index contributed by atoms with van der Waals surface area (Å²) in [6.45, 7) is 10.6. The highest BCUT2D eigenvalue weighted by Crippen LogP contribution is 2.70. The third-order valence-electron chi connectivity index (χ3n) is 16.2. The average Bonchev–Trinajstić information content (AvgIpc) is 3.41. The highest BCUT2D eigenvalue weighted by molar-refractivity contribution is 5.36. The van der Waals surface area contributed by atoms with Gasteiger partial charge in [-0.25, -0.2) is 0 Å². The van der Waals surface area contributed by atoms with Crippen LogP contribution in [0.3, 0.4) is 0 Å². The van der Waals surface area contributed by atoms with Crippen LogP contribution in [0.4, 0.5) is 0 Å². The van der Waals surface area contributed by atoms with Gasteiger partial charge in [0.15, 0.2) is 18.9 Å². The van der Waals surface area contributed by atoms with E-state index >= 15 is 0 Å². The van der Waals surface area contributed by atoms with E-state index in [-0.39, 0.29) is 37.9 Å². The summed E-state index contributed by atoms with van der Waals surface area (Å²) in [5.41, 5.74) is -6.09. The van der Waals surface area contributed by atoms with E-state index in [4.69, 9.17) is 42.6 Å². The van der Waals surface area contributed by atoms with Crippen LogP contribution in [-0.2, 0) is 42.6 Å². The molecule has 3 saturated carbocycles. The van der Waals surface area contributed by atoms with E-state index in [0.29, 0.717) is 32.1 Å². The van der Waals surface area contributed by atoms with Gasteiger partial charge in [0.2, 0.25) is 0 Å². The van der Waals surface area contributed by atoms with Crippen LogP contribution in [0, 0.1) is 16.7 Å². The van der Waals surface area contributed by atoms with E-state index in [9.17, 15) is 35.7 Å². The van der Waals surface area contributed by atoms with Crippen LogP contribution in [0.2, 0.25) is 0 Å². The van der Waals surface area contributed by atoms with Crippen molar-refractivity contribution in [1.82, 2.24) is 0 Å². The predicted octanol–water partition coefficient (Wildman–Crippen LogP) is 1.20. The lowest BCUT2D eigenvalue weighted by atomic mass is 9.42. The van der Waals surface area contributed by atoms with Crippen molar-refractivity contribution in [3.05, 3.63) is 11.6 Å². The topological polar surface area (TPSA) is 225 Å². The standard InChI is InChI=1S/C42H70O16/c1-20-32(45)36(52-9)33(46)37(55-20)58-35-22(3)54-31(18-27(35)51-8)57-34-21(2)53-30(17-26(34)50-7)56-25-11-12-38(5)24(16-25)10-13-41(48)28(38)19-29(44)39(6)40(47,23(4)43)14-15-42(39,41)49/h10,20-23,25-37,43-49H,11-19H2,1-9H3/t20-,21-,22-,23+,25+,26+,27+,28-,29-,30+,31+,32-,33-,34-,35-,36+,37+,38+,39-,40-,41+,42-/m1/s1. The molecule has 22 atom stereocenters. The minimum atomic E-state index is -1.81. The molecule has 0 aromatic heterocycles. The quantitative estimate of drug-likeness (QED) is 0.154. The maximum atomic E-state index is 12.5. The van der Waals surface area contributed by atoms with E-state index in [1.807, 2.05) is 19.9 Å². The highest BCUT2D eigenvalue weighted by atomic mass is 16.8. The zero-order valence-corrected chi connectivity index (χ0v) is 35.6. The number of hydrogen-bond acceptors (Lipinski definition) is 16. The van der Waals surface area contributed by atoms with Crippen molar-refractivity contribution in [2.24, 2.45) is 16.7 Å². The van der Waals surface area contributed by atoms with Gasteiger partial charge in [0, 0.05) is 40.1 Å². The highest BCUT2D eigenvalue weighted by Gasteiger charge is 2.80. The fourth-order valence-electron chi connectivity index (χ4n) is 12.4. The van der Waals surface area contributed by atoms with Crippen molar-refractivity contribution >= 4 is 0 Å². The van der Waals surface area contributed by atoms with Gasteiger partial charge in [-0.15, -0.1) is 0 Å². The zero-order valence-electron chi connectivity index (χ0n) is 35.6. The van der Waals surface area contributed by atoms with E-state index in [1.165, 1.54) is 14.0 Å². The average molecular weight is 831 g/mol. The Bertz CT molecular complexity index is 1480. The van der Waals surface area contributed by atoms with Gasteiger partial charge >= 0.3 is 0 Å². The summed E-state index contributed by atoms with van der Waals surface area (Å²) in [4.78, 5) is 0. The van der Waals surface area contributed by atoms with Gasteiger partial charge in [-0.3, -0.25) is 0 Å². The lowest BCUT2D eigenvalue weighted by molar-refractivity contribution is -0.352. The molecule has 0 spiro atoms. The van der Waals surface area contributed by atoms with E-state index in [0.717, 1.165) is 5.57 Å². The number of methoxy groups -OCH3 is 3. The Morgan fingerprint density at radius 2 is 1.33 bits per heavy atom. The zero-order chi connectivity index (χ0) is 42.3. The molecule has 16 nitrogen and oxygen atoms in total. The Hall–Kier alpha value is -0.900. The van der Waals surface area contributed by atoms with Crippen molar-refractivity contribution in [3.63, 3.8) is 0 Å². The Morgan fingerprint density at radius 1 is 0.724 bits per heavy atom. The van der Waals surface area contributed by atoms with Gasteiger partial charge < -0.3 is 78.4 Å². The maximum Gasteiger partial charge on any atom is 0.187 e. The molecule has 0 amide bonds. The SMILES string of the molecule is CO[C@@H]1[C@@H](O)[C@H](O[C@H]2[C@@H](OC)C[C@H](O[C@H]3[C@@H](OC)C[C@H](O[C@H]4CC[C@@]5(C)C(=CC[C@]6(O)[C@@H]5C[C@@H](O)[C@@]5(C)[C@]6(O)CC[C@@]5(O)[C@H](C)O)C4)O[C@@H]3C)O[C@@H]2C)O[C@H](C)[C@H]1O. The molecular weight excluding hydrogens is 760 g/mol. The molecule has 58 heavy (non-hydrogen) atoms. The summed E-state index contributed by atoms with van der Waals surface area (Å²) in [7, 11) is 4.63. The molecule has 0 radical (unpaired) electrons. The van der Waals surface area contributed by atoms with Crippen LogP contribution >= 0.6 is 0 Å². The van der Waals surface area contributed by atoms with Gasteiger partial charge in [-0.1, -0.05) is 25.5 Å². The second-order valence-corrected chi connectivity index (χ2v) is 18.9. The normalized spacial score (nSPS) is 55.2. The first kappa shape index (κ1) is 45.1. The van der Waals surface area contributed by atoms with Crippen molar-refractivity contribution in [1.29, 1.82) is 0 Å². The van der Waals surface area contributed by atoms with Crippen molar-refractivity contribution in [3.8, 4) is 0 Å². The molecule has 16 heteroatoms. The first-order valence-electron chi connectivity index (χ1n) is 21.3. The number of ether oxygens (including phenoxy) is 9. The summed E-state index contributed by atoms with van der Waals surface area (Å²) in [6.07, 6.45) is -6.32. The summed E-state index contributed by atoms with van der Waals surface area (Å²) < 4.78 is 55.1. The number of rotatable bonds is 10. The summed E-state index contributed by atoms with van der Waals surface area (Å²) in [5.74, 6) is -0.468. The molecule has 6 fully saturated rings. The lowest BCUT2D eigenvalue weighted by Crippen LogP contribution is -2.78. The van der Waals surface area contributed by atoms with E-state index < -0.39 is 120 Å². The molecule has 7 aliphatic rings. The second-order valence-electron chi connectivity index (χ2n) is 18.9. The van der Waals surface area contributed by atoms with Gasteiger partial charge in [0.1, 0.15) is 47.3 Å². The first-order valence-corrected chi connectivity index (χ1v) is 21.3. The third kappa shape index (κ3) is 6.88. The van der Waals surface area contributed by atoms with Gasteiger partial charge in [-0.05, 0) is 78.1 Å². The van der Waals surface area contributed by atoms with Crippen molar-refractivity contribution < 1.29 is 78.4 Å². The van der Waals surface area contributed by atoms with Crippen LogP contribution < -0.4 is 0 Å². The molecule has 0 unspecified atom stereocenters. The minimum absolute atomic E-state index is 0.0681. The third-order valence-corrected chi connectivity index (χ3v) is 16.2. The summed E-state index contributed by atoms with van der Waals surface area (Å²) >= 11 is 0.